The van der Waals surface area contributed by atoms with Gasteiger partial charge in [0.2, 0.25) is 0 Å². The molecule has 0 fully saturated rings. The Bertz CT molecular complexity index is 2770. The van der Waals surface area contributed by atoms with Crippen LogP contribution in [0.1, 0.15) is 31.9 Å². The first-order valence-corrected chi connectivity index (χ1v) is 24.4. The van der Waals surface area contributed by atoms with Gasteiger partial charge in [-0.2, -0.15) is 0 Å². The van der Waals surface area contributed by atoms with E-state index in [9.17, 15) is 0 Å². The fourth-order valence-electron chi connectivity index (χ4n) is 9.80. The third-order valence-corrected chi connectivity index (χ3v) is 19.6. The molecule has 0 aromatic heterocycles. The molecule has 11 rings (SSSR count). The van der Waals surface area contributed by atoms with Crippen LogP contribution in [0, 0.1) is 6.92 Å². The summed E-state index contributed by atoms with van der Waals surface area (Å²) in [4.78, 5) is 13.1. The lowest BCUT2D eigenvalue weighted by molar-refractivity contribution is 0.590. The topological polar surface area (TPSA) is 9.72 Å². The summed E-state index contributed by atoms with van der Waals surface area (Å²) in [6.45, 7) is 11.9. The SMILES string of the molecule is Cc1ccc([Si]2(C)CN(C)c3cc4c(cc32)N(c2ccccc2)c2cc(C(C)(C)C)cc3c2B4c2ccc4c(c2N3c2ccccc2)Sc2ccccc2S4)cc1. The van der Waals surface area contributed by atoms with Gasteiger partial charge in [0.1, 0.15) is 8.07 Å². The van der Waals surface area contributed by atoms with Crippen LogP contribution in [-0.4, -0.2) is 28.0 Å². The zero-order valence-electron chi connectivity index (χ0n) is 33.3. The first kappa shape index (κ1) is 35.1. The summed E-state index contributed by atoms with van der Waals surface area (Å²) in [5.74, 6) is 0. The van der Waals surface area contributed by atoms with Crippen molar-refractivity contribution in [3.8, 4) is 0 Å². The summed E-state index contributed by atoms with van der Waals surface area (Å²) in [6, 6.07) is 55.7. The van der Waals surface area contributed by atoms with Crippen molar-refractivity contribution in [2.45, 2.75) is 59.2 Å². The highest BCUT2D eigenvalue weighted by Gasteiger charge is 2.49. The summed E-state index contributed by atoms with van der Waals surface area (Å²) in [6.07, 6.45) is 1.07. The maximum Gasteiger partial charge on any atom is 0.252 e. The van der Waals surface area contributed by atoms with E-state index in [-0.39, 0.29) is 12.1 Å². The van der Waals surface area contributed by atoms with Crippen molar-refractivity contribution < 1.29 is 0 Å². The third-order valence-electron chi connectivity index (χ3n) is 12.7. The highest BCUT2D eigenvalue weighted by Crippen LogP contribution is 2.55. The number of anilines is 7. The van der Waals surface area contributed by atoms with Crippen LogP contribution in [0.2, 0.25) is 6.55 Å². The van der Waals surface area contributed by atoms with Crippen LogP contribution in [0.3, 0.4) is 0 Å². The Balaban J connectivity index is 1.25. The average Bonchev–Trinajstić information content (AvgIpc) is 3.48. The molecule has 3 nitrogen and oxygen atoms in total. The predicted octanol–water partition coefficient (Wildman–Crippen LogP) is 10.2. The Morgan fingerprint density at radius 2 is 1.21 bits per heavy atom. The molecule has 7 aromatic carbocycles. The van der Waals surface area contributed by atoms with Crippen molar-refractivity contribution in [2.24, 2.45) is 0 Å². The molecule has 4 aliphatic rings. The highest BCUT2D eigenvalue weighted by molar-refractivity contribution is 8.05. The number of nitrogens with zero attached hydrogens (tertiary/aromatic N) is 3. The maximum absolute atomic E-state index is 2.63. The van der Waals surface area contributed by atoms with Crippen LogP contribution in [0.5, 0.6) is 0 Å². The molecule has 4 aliphatic heterocycles. The lowest BCUT2D eigenvalue weighted by Gasteiger charge is -2.46. The molecule has 0 bridgehead atoms. The Morgan fingerprint density at radius 3 is 1.88 bits per heavy atom. The quantitative estimate of drug-likeness (QED) is 0.165. The fraction of sp³-hybridized carbons (Fsp3) is 0.160. The van der Waals surface area contributed by atoms with Gasteiger partial charge in [-0.05, 0) is 106 Å². The summed E-state index contributed by atoms with van der Waals surface area (Å²) in [5, 5.41) is 3.03. The second-order valence-corrected chi connectivity index (χ2v) is 23.6. The minimum Gasteiger partial charge on any atom is -0.377 e. The first-order valence-electron chi connectivity index (χ1n) is 20.1. The van der Waals surface area contributed by atoms with E-state index in [1.165, 1.54) is 97.3 Å². The van der Waals surface area contributed by atoms with Crippen LogP contribution >= 0.6 is 23.5 Å². The molecule has 57 heavy (non-hydrogen) atoms. The molecular weight excluding hydrogens is 746 g/mol. The van der Waals surface area contributed by atoms with Crippen molar-refractivity contribution in [1.29, 1.82) is 0 Å². The molecule has 0 spiro atoms. The van der Waals surface area contributed by atoms with E-state index in [0.29, 0.717) is 0 Å². The average molecular weight is 790 g/mol. The molecular formula is C50H44BN3S2Si. The van der Waals surface area contributed by atoms with Gasteiger partial charge in [-0.1, -0.05) is 140 Å². The summed E-state index contributed by atoms with van der Waals surface area (Å²) < 4.78 is 0. The normalized spacial score (nSPS) is 17.4. The Labute approximate surface area is 346 Å². The molecule has 7 heteroatoms. The molecule has 0 amide bonds. The molecule has 0 N–H and O–H groups in total. The van der Waals surface area contributed by atoms with E-state index in [4.69, 9.17) is 0 Å². The van der Waals surface area contributed by atoms with Gasteiger partial charge in [-0.25, -0.2) is 0 Å². The van der Waals surface area contributed by atoms with E-state index in [1.54, 1.807) is 0 Å². The van der Waals surface area contributed by atoms with Crippen LogP contribution < -0.4 is 41.5 Å². The van der Waals surface area contributed by atoms with E-state index < -0.39 is 8.07 Å². The Morgan fingerprint density at radius 1 is 0.596 bits per heavy atom. The van der Waals surface area contributed by atoms with Gasteiger partial charge in [0, 0.05) is 66.9 Å². The van der Waals surface area contributed by atoms with Crippen molar-refractivity contribution in [1.82, 2.24) is 0 Å². The lowest BCUT2D eigenvalue weighted by atomic mass is 9.33. The molecule has 1 atom stereocenters. The number of para-hydroxylation sites is 2. The van der Waals surface area contributed by atoms with Gasteiger partial charge in [0.05, 0.1) is 5.69 Å². The maximum atomic E-state index is 2.63. The minimum atomic E-state index is -2.12. The highest BCUT2D eigenvalue weighted by atomic mass is 32.2. The first-order chi connectivity index (χ1) is 27.6. The Hall–Kier alpha value is -5.08. The van der Waals surface area contributed by atoms with Crippen LogP contribution in [-0.2, 0) is 5.41 Å². The second-order valence-electron chi connectivity index (χ2n) is 17.4. The van der Waals surface area contributed by atoms with Gasteiger partial charge in [0.15, 0.2) is 0 Å². The van der Waals surface area contributed by atoms with Gasteiger partial charge in [-0.3, -0.25) is 0 Å². The van der Waals surface area contributed by atoms with E-state index in [2.05, 4.69) is 202 Å². The van der Waals surface area contributed by atoms with Crippen molar-refractivity contribution >= 4 is 105 Å². The summed E-state index contributed by atoms with van der Waals surface area (Å²) in [7, 11) is 0.202. The largest absolute Gasteiger partial charge is 0.377 e. The number of benzene rings is 7. The van der Waals surface area contributed by atoms with Gasteiger partial charge in [-0.15, -0.1) is 0 Å². The summed E-state index contributed by atoms with van der Waals surface area (Å²) in [5.41, 5.74) is 15.6. The van der Waals surface area contributed by atoms with E-state index in [0.717, 1.165) is 6.17 Å². The molecule has 0 aliphatic carbocycles. The van der Waals surface area contributed by atoms with Crippen LogP contribution in [0.4, 0.5) is 39.8 Å². The molecule has 0 saturated carbocycles. The second kappa shape index (κ2) is 12.7. The van der Waals surface area contributed by atoms with Crippen molar-refractivity contribution in [3.05, 3.63) is 157 Å². The summed E-state index contributed by atoms with van der Waals surface area (Å²) >= 11 is 3.84. The lowest BCUT2D eigenvalue weighted by Crippen LogP contribution is -2.62. The zero-order valence-corrected chi connectivity index (χ0v) is 35.9. The number of fused-ring (bicyclic) bond motifs is 8. The zero-order chi connectivity index (χ0) is 38.8. The van der Waals surface area contributed by atoms with Crippen LogP contribution in [0.25, 0.3) is 0 Å². The van der Waals surface area contributed by atoms with E-state index >= 15 is 0 Å². The minimum absolute atomic E-state index is 0.0496. The molecule has 7 aromatic rings. The number of hydrogen-bond donors (Lipinski definition) is 0. The molecule has 0 saturated heterocycles. The van der Waals surface area contributed by atoms with Gasteiger partial charge < -0.3 is 14.7 Å². The molecule has 4 heterocycles. The molecule has 0 radical (unpaired) electrons. The smallest absolute Gasteiger partial charge is 0.252 e. The molecule has 1 unspecified atom stereocenters. The third kappa shape index (κ3) is 5.28. The standard InChI is InChI=1S/C50H44BN3S2Si/c1-32-21-23-36(24-22-32)57(6)31-52(5)40-29-38-39(30-46(40)57)53(34-15-9-7-10-16-34)41-27-33(50(2,3)4)28-42-47(41)51(38)37-25-26-45-49(56-44-20-14-13-19-43(44)55-45)48(37)54(42)35-17-11-8-12-18-35/h7-30H,31H2,1-6H3. The van der Waals surface area contributed by atoms with E-state index in [1.807, 2.05) is 23.5 Å². The fourth-order valence-corrected chi connectivity index (χ4v) is 16.2. The van der Waals surface area contributed by atoms with Crippen molar-refractivity contribution in [2.75, 3.05) is 27.9 Å². The van der Waals surface area contributed by atoms with Crippen LogP contribution in [0.15, 0.2) is 165 Å². The van der Waals surface area contributed by atoms with Gasteiger partial charge >= 0.3 is 0 Å². The molecule has 278 valence electrons. The predicted molar refractivity (Wildman–Crippen MR) is 249 cm³/mol. The monoisotopic (exact) mass is 789 g/mol. The van der Waals surface area contributed by atoms with Crippen molar-refractivity contribution in [3.63, 3.8) is 0 Å². The Kier molecular flexibility index (Phi) is 7.83. The van der Waals surface area contributed by atoms with Gasteiger partial charge in [0.25, 0.3) is 6.71 Å². The number of aryl methyl sites for hydroxylation is 1. The number of hydrogen-bond acceptors (Lipinski definition) is 5. The number of rotatable bonds is 3.